The summed E-state index contributed by atoms with van der Waals surface area (Å²) in [6, 6.07) is 11.0. The van der Waals surface area contributed by atoms with Crippen LogP contribution in [0.4, 0.5) is 5.69 Å². The molecule has 4 nitrogen and oxygen atoms in total. The fourth-order valence-electron chi connectivity index (χ4n) is 1.53. The Kier molecular flexibility index (Phi) is 4.57. The third-order valence-electron chi connectivity index (χ3n) is 2.54. The van der Waals surface area contributed by atoms with Crippen molar-refractivity contribution >= 4 is 43.2 Å². The number of hydrogen-bond acceptors (Lipinski definition) is 3. The molecule has 0 spiro atoms. The van der Waals surface area contributed by atoms with Crippen molar-refractivity contribution in [2.24, 2.45) is 0 Å². The number of rotatable bonds is 4. The average molecular weight is 377 g/mol. The largest absolute Gasteiger partial charge is 0.497 e. The molecule has 0 aromatic heterocycles. The monoisotopic (exact) mass is 375 g/mol. The smallest absolute Gasteiger partial charge is 0.261 e. The van der Waals surface area contributed by atoms with Crippen LogP contribution in [0, 0.1) is 0 Å². The molecule has 0 unspecified atom stereocenters. The maximum absolute atomic E-state index is 12.2. The highest BCUT2D eigenvalue weighted by Gasteiger charge is 2.15. The molecule has 0 atom stereocenters. The summed E-state index contributed by atoms with van der Waals surface area (Å²) in [5.74, 6) is 0.591. The molecule has 0 saturated heterocycles. The normalized spacial score (nSPS) is 11.2. The predicted molar refractivity (Wildman–Crippen MR) is 83.0 cm³/mol. The van der Waals surface area contributed by atoms with Gasteiger partial charge in [-0.25, -0.2) is 8.42 Å². The van der Waals surface area contributed by atoms with Crippen molar-refractivity contribution in [3.63, 3.8) is 0 Å². The lowest BCUT2D eigenvalue weighted by Gasteiger charge is -2.10. The van der Waals surface area contributed by atoms with Crippen molar-refractivity contribution < 1.29 is 13.2 Å². The van der Waals surface area contributed by atoms with Crippen LogP contribution in [-0.2, 0) is 10.0 Å². The van der Waals surface area contributed by atoms with Gasteiger partial charge in [-0.3, -0.25) is 4.72 Å². The van der Waals surface area contributed by atoms with E-state index < -0.39 is 10.0 Å². The summed E-state index contributed by atoms with van der Waals surface area (Å²) in [6.45, 7) is 0. The maximum Gasteiger partial charge on any atom is 0.261 e. The standard InChI is InChI=1S/C13H11BrClNO3S/c1-19-10-3-5-11(6-4-10)20(17,18)16-13-8-9(15)2-7-12(13)14/h2-8,16H,1H3. The SMILES string of the molecule is COc1ccc(S(=O)(=O)Nc2cc(Cl)ccc2Br)cc1. The van der Waals surface area contributed by atoms with E-state index >= 15 is 0 Å². The third-order valence-corrected chi connectivity index (χ3v) is 4.85. The van der Waals surface area contributed by atoms with Crippen LogP contribution in [0.5, 0.6) is 5.75 Å². The molecule has 0 radical (unpaired) electrons. The van der Waals surface area contributed by atoms with E-state index in [2.05, 4.69) is 20.7 Å². The topological polar surface area (TPSA) is 55.4 Å². The number of sulfonamides is 1. The minimum absolute atomic E-state index is 0.144. The number of nitrogens with one attached hydrogen (secondary N) is 1. The molecule has 0 aliphatic heterocycles. The van der Waals surface area contributed by atoms with Gasteiger partial charge in [-0.15, -0.1) is 0 Å². The van der Waals surface area contributed by atoms with Crippen molar-refractivity contribution in [3.8, 4) is 5.75 Å². The van der Waals surface area contributed by atoms with E-state index in [9.17, 15) is 8.42 Å². The molecule has 0 saturated carbocycles. The lowest BCUT2D eigenvalue weighted by molar-refractivity contribution is 0.414. The number of ether oxygens (including phenoxy) is 1. The molecular weight excluding hydrogens is 366 g/mol. The van der Waals surface area contributed by atoms with Gasteiger partial charge in [0.2, 0.25) is 0 Å². The van der Waals surface area contributed by atoms with Crippen LogP contribution < -0.4 is 9.46 Å². The molecule has 0 fully saturated rings. The molecular formula is C13H11BrClNO3S. The Labute approximate surface area is 130 Å². The highest BCUT2D eigenvalue weighted by Crippen LogP contribution is 2.28. The van der Waals surface area contributed by atoms with Gasteiger partial charge < -0.3 is 4.74 Å². The van der Waals surface area contributed by atoms with Gasteiger partial charge in [-0.2, -0.15) is 0 Å². The Morgan fingerprint density at radius 3 is 2.40 bits per heavy atom. The molecule has 2 rings (SSSR count). The fourth-order valence-corrected chi connectivity index (χ4v) is 3.25. The number of anilines is 1. The van der Waals surface area contributed by atoms with Gasteiger partial charge in [0.05, 0.1) is 17.7 Å². The van der Waals surface area contributed by atoms with E-state index in [0.717, 1.165) is 0 Å². The molecule has 106 valence electrons. The first-order chi connectivity index (χ1) is 9.42. The highest BCUT2D eigenvalue weighted by atomic mass is 79.9. The molecule has 0 amide bonds. The Bertz CT molecular complexity index is 717. The van der Waals surface area contributed by atoms with E-state index in [1.54, 1.807) is 24.3 Å². The van der Waals surface area contributed by atoms with Crippen LogP contribution in [0.1, 0.15) is 0 Å². The van der Waals surface area contributed by atoms with Crippen LogP contribution in [0.2, 0.25) is 5.02 Å². The van der Waals surface area contributed by atoms with Crippen molar-refractivity contribution in [1.82, 2.24) is 0 Å². The molecule has 1 N–H and O–H groups in total. The molecule has 0 heterocycles. The quantitative estimate of drug-likeness (QED) is 0.880. The van der Waals surface area contributed by atoms with Crippen LogP contribution in [0.25, 0.3) is 0 Å². The van der Waals surface area contributed by atoms with Gasteiger partial charge in [0.15, 0.2) is 0 Å². The number of halogens is 2. The summed E-state index contributed by atoms with van der Waals surface area (Å²) in [5.41, 5.74) is 0.383. The van der Waals surface area contributed by atoms with Gasteiger partial charge in [-0.05, 0) is 58.4 Å². The zero-order chi connectivity index (χ0) is 14.8. The Hall–Kier alpha value is -1.24. The highest BCUT2D eigenvalue weighted by molar-refractivity contribution is 9.10. The lowest BCUT2D eigenvalue weighted by atomic mass is 10.3. The van der Waals surface area contributed by atoms with Crippen molar-refractivity contribution in [1.29, 1.82) is 0 Å². The fraction of sp³-hybridized carbons (Fsp3) is 0.0769. The van der Waals surface area contributed by atoms with Crippen LogP contribution >= 0.6 is 27.5 Å². The first-order valence-corrected chi connectivity index (χ1v) is 8.20. The van der Waals surface area contributed by atoms with Gasteiger partial charge in [0.25, 0.3) is 10.0 Å². The van der Waals surface area contributed by atoms with Crippen LogP contribution in [0.15, 0.2) is 51.8 Å². The van der Waals surface area contributed by atoms with E-state index in [-0.39, 0.29) is 4.90 Å². The lowest BCUT2D eigenvalue weighted by Crippen LogP contribution is -2.13. The summed E-state index contributed by atoms with van der Waals surface area (Å²) in [7, 11) is -2.15. The van der Waals surface area contributed by atoms with Gasteiger partial charge >= 0.3 is 0 Å². The molecule has 7 heteroatoms. The summed E-state index contributed by atoms with van der Waals surface area (Å²) in [4.78, 5) is 0.144. The second kappa shape index (κ2) is 6.03. The Balaban J connectivity index is 2.32. The number of hydrogen-bond donors (Lipinski definition) is 1. The molecule has 2 aromatic rings. The molecule has 0 aliphatic carbocycles. The zero-order valence-electron chi connectivity index (χ0n) is 10.4. The van der Waals surface area contributed by atoms with E-state index in [4.69, 9.17) is 16.3 Å². The average Bonchev–Trinajstić information content (AvgIpc) is 2.43. The summed E-state index contributed by atoms with van der Waals surface area (Å²) in [5, 5.41) is 0.445. The second-order valence-electron chi connectivity index (χ2n) is 3.91. The summed E-state index contributed by atoms with van der Waals surface area (Å²) < 4.78 is 32.6. The number of benzene rings is 2. The van der Waals surface area contributed by atoms with Crippen molar-refractivity contribution in [2.45, 2.75) is 4.90 Å². The third kappa shape index (κ3) is 3.45. The van der Waals surface area contributed by atoms with Crippen LogP contribution in [-0.4, -0.2) is 15.5 Å². The van der Waals surface area contributed by atoms with Gasteiger partial charge in [-0.1, -0.05) is 11.6 Å². The molecule has 2 aromatic carbocycles. The van der Waals surface area contributed by atoms with Crippen molar-refractivity contribution in [3.05, 3.63) is 52.0 Å². The van der Waals surface area contributed by atoms with Gasteiger partial charge in [0.1, 0.15) is 5.75 Å². The second-order valence-corrected chi connectivity index (χ2v) is 6.88. The minimum atomic E-state index is -3.67. The van der Waals surface area contributed by atoms with E-state index in [1.165, 1.54) is 25.3 Å². The molecule has 20 heavy (non-hydrogen) atoms. The Morgan fingerprint density at radius 1 is 1.15 bits per heavy atom. The predicted octanol–water partition coefficient (Wildman–Crippen LogP) is 3.91. The molecule has 0 bridgehead atoms. The maximum atomic E-state index is 12.2. The van der Waals surface area contributed by atoms with Gasteiger partial charge in [0, 0.05) is 9.50 Å². The first-order valence-electron chi connectivity index (χ1n) is 5.54. The van der Waals surface area contributed by atoms with Crippen LogP contribution in [0.3, 0.4) is 0 Å². The molecule has 0 aliphatic rings. The van der Waals surface area contributed by atoms with E-state index in [1.807, 2.05) is 0 Å². The van der Waals surface area contributed by atoms with E-state index in [0.29, 0.717) is 20.9 Å². The Morgan fingerprint density at radius 2 is 1.80 bits per heavy atom. The zero-order valence-corrected chi connectivity index (χ0v) is 13.6. The number of methoxy groups -OCH3 is 1. The summed E-state index contributed by atoms with van der Waals surface area (Å²) >= 11 is 9.13. The first kappa shape index (κ1) is 15.2. The summed E-state index contributed by atoms with van der Waals surface area (Å²) in [6.07, 6.45) is 0. The van der Waals surface area contributed by atoms with Crippen molar-refractivity contribution in [2.75, 3.05) is 11.8 Å². The minimum Gasteiger partial charge on any atom is -0.497 e.